The maximum absolute atomic E-state index is 12.7. The fourth-order valence-electron chi connectivity index (χ4n) is 3.17. The summed E-state index contributed by atoms with van der Waals surface area (Å²) in [5.74, 6) is -3.48. The molecule has 1 aromatic rings. The van der Waals surface area contributed by atoms with Crippen LogP contribution in [0.3, 0.4) is 0 Å². The van der Waals surface area contributed by atoms with Crippen molar-refractivity contribution in [2.45, 2.75) is 23.9 Å². The van der Waals surface area contributed by atoms with Crippen LogP contribution >= 0.6 is 11.8 Å². The number of aliphatic carboxylic acids is 1. The topological polar surface area (TPSA) is 156 Å². The van der Waals surface area contributed by atoms with Crippen LogP contribution in [0.5, 0.6) is 0 Å². The van der Waals surface area contributed by atoms with Crippen molar-refractivity contribution >= 4 is 35.5 Å². The van der Waals surface area contributed by atoms with E-state index in [1.807, 2.05) is 0 Å². The van der Waals surface area contributed by atoms with Crippen molar-refractivity contribution in [1.29, 1.82) is 0 Å². The molecule has 3 atom stereocenters. The molecular weight excluding hydrogens is 372 g/mol. The number of hydrogen-bond acceptors (Lipinski definition) is 6. The zero-order chi connectivity index (χ0) is 19.9. The zero-order valence-electron chi connectivity index (χ0n) is 14.3. The number of rotatable bonds is 5. The summed E-state index contributed by atoms with van der Waals surface area (Å²) in [6.45, 7) is 1.51. The van der Waals surface area contributed by atoms with Gasteiger partial charge in [0.15, 0.2) is 0 Å². The lowest BCUT2D eigenvalue weighted by Gasteiger charge is -2.55. The lowest BCUT2D eigenvalue weighted by Crippen LogP contribution is -2.79. The standard InChI is InChI=1S/C17H18N4O5S/c1-17(20-13(23)10(18)8-5-3-2-4-6-8)15(26)21-11(14(24)25)9(12(19)22)7-27-16(17)21/h2-6,10,16H,7,18H2,1H3,(H2,19,22)(H,20,23)(H,24,25)/t10-,16-,17+/m0/s1. The zero-order valence-corrected chi connectivity index (χ0v) is 15.2. The minimum Gasteiger partial charge on any atom is -0.477 e. The molecule has 6 N–H and O–H groups in total. The SMILES string of the molecule is C[C@@]1(NC(=O)[C@@H](N)c2ccccc2)C(=O)N2C(C(=O)O)=C(C(N)=O)CS[C@H]21. The Bertz CT molecular complexity index is 871. The molecule has 1 saturated heterocycles. The number of hydrogen-bond donors (Lipinski definition) is 4. The van der Waals surface area contributed by atoms with Gasteiger partial charge in [-0.3, -0.25) is 19.3 Å². The number of carbonyl (C=O) groups excluding carboxylic acids is 3. The van der Waals surface area contributed by atoms with E-state index < -0.39 is 46.3 Å². The fourth-order valence-corrected chi connectivity index (χ4v) is 4.62. The van der Waals surface area contributed by atoms with Crippen molar-refractivity contribution in [2.24, 2.45) is 11.5 Å². The molecule has 1 fully saturated rings. The first-order valence-corrected chi connectivity index (χ1v) is 9.07. The summed E-state index contributed by atoms with van der Waals surface area (Å²) >= 11 is 1.16. The number of carboxylic acids is 1. The van der Waals surface area contributed by atoms with Crippen LogP contribution in [0.2, 0.25) is 0 Å². The van der Waals surface area contributed by atoms with E-state index in [0.29, 0.717) is 5.56 Å². The van der Waals surface area contributed by atoms with Gasteiger partial charge in [-0.2, -0.15) is 0 Å². The monoisotopic (exact) mass is 390 g/mol. The molecule has 0 saturated carbocycles. The predicted molar refractivity (Wildman–Crippen MR) is 96.9 cm³/mol. The molecule has 2 aliphatic heterocycles. The Labute approximate surface area is 158 Å². The Kier molecular flexibility index (Phi) is 4.70. The third kappa shape index (κ3) is 2.96. The molecule has 0 bridgehead atoms. The Morgan fingerprint density at radius 1 is 1.33 bits per heavy atom. The minimum atomic E-state index is -1.42. The Morgan fingerprint density at radius 2 is 1.96 bits per heavy atom. The number of thioether (sulfide) groups is 1. The van der Waals surface area contributed by atoms with E-state index in [2.05, 4.69) is 5.32 Å². The summed E-state index contributed by atoms with van der Waals surface area (Å²) in [6.07, 6.45) is 0. The number of β-lactam (4-membered cyclic amide) rings is 1. The van der Waals surface area contributed by atoms with Gasteiger partial charge in [-0.25, -0.2) is 4.79 Å². The summed E-state index contributed by atoms with van der Waals surface area (Å²) in [5.41, 5.74) is 9.88. The first-order valence-electron chi connectivity index (χ1n) is 8.02. The second-order valence-electron chi connectivity index (χ2n) is 6.42. The van der Waals surface area contributed by atoms with Crippen molar-refractivity contribution in [3.05, 3.63) is 47.2 Å². The average molecular weight is 390 g/mol. The van der Waals surface area contributed by atoms with Crippen LogP contribution < -0.4 is 16.8 Å². The largest absolute Gasteiger partial charge is 0.477 e. The van der Waals surface area contributed by atoms with Crippen molar-refractivity contribution in [1.82, 2.24) is 10.2 Å². The van der Waals surface area contributed by atoms with E-state index >= 15 is 0 Å². The van der Waals surface area contributed by atoms with E-state index in [-0.39, 0.29) is 11.3 Å². The number of carbonyl (C=O) groups is 4. The highest BCUT2D eigenvalue weighted by Crippen LogP contribution is 2.46. The smallest absolute Gasteiger partial charge is 0.353 e. The summed E-state index contributed by atoms with van der Waals surface area (Å²) in [5, 5.41) is 11.4. The van der Waals surface area contributed by atoms with Crippen molar-refractivity contribution in [3.8, 4) is 0 Å². The molecule has 9 nitrogen and oxygen atoms in total. The van der Waals surface area contributed by atoms with Crippen LogP contribution in [0.25, 0.3) is 0 Å². The number of amides is 3. The molecule has 142 valence electrons. The number of nitrogens with two attached hydrogens (primary N) is 2. The molecule has 0 spiro atoms. The van der Waals surface area contributed by atoms with Crippen LogP contribution in [-0.2, 0) is 19.2 Å². The third-order valence-electron chi connectivity index (χ3n) is 4.63. The molecule has 0 radical (unpaired) electrons. The van der Waals surface area contributed by atoms with E-state index in [9.17, 15) is 24.3 Å². The van der Waals surface area contributed by atoms with Gasteiger partial charge in [0.2, 0.25) is 11.8 Å². The van der Waals surface area contributed by atoms with Crippen LogP contribution in [0.15, 0.2) is 41.6 Å². The summed E-state index contributed by atoms with van der Waals surface area (Å²) in [7, 11) is 0. The van der Waals surface area contributed by atoms with Crippen LogP contribution in [-0.4, -0.2) is 50.4 Å². The second-order valence-corrected chi connectivity index (χ2v) is 7.48. The number of nitrogens with one attached hydrogen (secondary N) is 1. The molecule has 3 amide bonds. The van der Waals surface area contributed by atoms with Gasteiger partial charge in [-0.15, -0.1) is 11.8 Å². The van der Waals surface area contributed by atoms with Crippen LogP contribution in [0.1, 0.15) is 18.5 Å². The number of fused-ring (bicyclic) bond motifs is 1. The van der Waals surface area contributed by atoms with Gasteiger partial charge in [0.1, 0.15) is 22.7 Å². The lowest BCUT2D eigenvalue weighted by atomic mass is 9.87. The van der Waals surface area contributed by atoms with Crippen molar-refractivity contribution in [3.63, 3.8) is 0 Å². The minimum absolute atomic E-state index is 0.0294. The number of benzene rings is 1. The average Bonchev–Trinajstić information content (AvgIpc) is 2.66. The van der Waals surface area contributed by atoms with Gasteiger partial charge < -0.3 is 21.9 Å². The molecule has 0 aromatic heterocycles. The molecule has 10 heteroatoms. The van der Waals surface area contributed by atoms with Gasteiger partial charge in [-0.1, -0.05) is 30.3 Å². The van der Waals surface area contributed by atoms with Crippen molar-refractivity contribution < 1.29 is 24.3 Å². The quantitative estimate of drug-likeness (QED) is 0.484. The van der Waals surface area contributed by atoms with Gasteiger partial charge in [0.25, 0.3) is 5.91 Å². The maximum atomic E-state index is 12.7. The molecule has 2 aliphatic rings. The fraction of sp³-hybridized carbons (Fsp3) is 0.294. The molecule has 0 aliphatic carbocycles. The van der Waals surface area contributed by atoms with Crippen LogP contribution in [0.4, 0.5) is 0 Å². The molecule has 2 heterocycles. The van der Waals surface area contributed by atoms with Gasteiger partial charge in [0.05, 0.1) is 5.57 Å². The van der Waals surface area contributed by atoms with E-state index in [1.54, 1.807) is 30.3 Å². The number of primary amides is 1. The first-order chi connectivity index (χ1) is 12.7. The third-order valence-corrected chi connectivity index (χ3v) is 6.08. The number of carboxylic acid groups (broad SMARTS) is 1. The second kappa shape index (κ2) is 6.71. The van der Waals surface area contributed by atoms with Crippen LogP contribution in [0, 0.1) is 0 Å². The van der Waals surface area contributed by atoms with Gasteiger partial charge >= 0.3 is 5.97 Å². The van der Waals surface area contributed by atoms with E-state index in [0.717, 1.165) is 16.7 Å². The number of nitrogens with zero attached hydrogens (tertiary/aromatic N) is 1. The van der Waals surface area contributed by atoms with E-state index in [4.69, 9.17) is 11.5 Å². The first kappa shape index (κ1) is 18.9. The molecule has 3 rings (SSSR count). The normalized spacial score (nSPS) is 25.3. The van der Waals surface area contributed by atoms with Crippen molar-refractivity contribution in [2.75, 3.05) is 5.75 Å². The maximum Gasteiger partial charge on any atom is 0.353 e. The predicted octanol–water partition coefficient (Wildman–Crippen LogP) is -0.700. The Hall–Kier alpha value is -2.85. The highest BCUT2D eigenvalue weighted by atomic mass is 32.2. The molecule has 0 unspecified atom stereocenters. The summed E-state index contributed by atoms with van der Waals surface area (Å²) < 4.78 is 0. The highest BCUT2D eigenvalue weighted by molar-refractivity contribution is 8.00. The molecular formula is C17H18N4O5S. The molecule has 27 heavy (non-hydrogen) atoms. The summed E-state index contributed by atoms with van der Waals surface area (Å²) in [4.78, 5) is 49.3. The molecule has 1 aromatic carbocycles. The Balaban J connectivity index is 1.84. The lowest BCUT2D eigenvalue weighted by molar-refractivity contribution is -0.158. The Morgan fingerprint density at radius 3 is 2.52 bits per heavy atom. The van der Waals surface area contributed by atoms with Gasteiger partial charge in [-0.05, 0) is 12.5 Å². The van der Waals surface area contributed by atoms with E-state index in [1.165, 1.54) is 6.92 Å². The highest BCUT2D eigenvalue weighted by Gasteiger charge is 2.63. The van der Waals surface area contributed by atoms with Gasteiger partial charge in [0, 0.05) is 5.75 Å². The summed E-state index contributed by atoms with van der Waals surface area (Å²) in [6, 6.07) is 7.69.